The van der Waals surface area contributed by atoms with E-state index in [-0.39, 0.29) is 0 Å². The lowest BCUT2D eigenvalue weighted by molar-refractivity contribution is -0.510. The van der Waals surface area contributed by atoms with Gasteiger partial charge in [-0.15, -0.1) is 0 Å². The highest BCUT2D eigenvalue weighted by Crippen LogP contribution is 2.29. The Morgan fingerprint density at radius 3 is 2.50 bits per heavy atom. The second-order valence-corrected chi connectivity index (χ2v) is 5.45. The minimum atomic E-state index is 1.30. The van der Waals surface area contributed by atoms with Gasteiger partial charge >= 0.3 is 0 Å². The van der Waals surface area contributed by atoms with Crippen molar-refractivity contribution >= 4 is 27.1 Å². The fourth-order valence-corrected chi connectivity index (χ4v) is 3.32. The lowest BCUT2D eigenvalue weighted by Crippen LogP contribution is -2.22. The molecule has 0 unspecified atom stereocenters. The maximum atomic E-state index is 2.24. The Bertz CT molecular complexity index is 967. The van der Waals surface area contributed by atoms with Gasteiger partial charge in [0.15, 0.2) is 12.4 Å². The molecule has 2 aromatic heterocycles. The molecule has 96 valence electrons. The standard InChI is InChI=1S/C19H16N/c1-13-6-5-11-20-12-16-10-9-15-7-3-4-8-17(15)18(16)14(2)19(13)20/h3-12H,1-2H3/q+1. The first-order chi connectivity index (χ1) is 9.75. The number of aromatic nitrogens is 1. The van der Waals surface area contributed by atoms with Crippen molar-refractivity contribution in [3.63, 3.8) is 0 Å². The molecular formula is C19H16N+. The summed E-state index contributed by atoms with van der Waals surface area (Å²) >= 11 is 0. The van der Waals surface area contributed by atoms with Crippen LogP contribution < -0.4 is 4.40 Å². The normalized spacial score (nSPS) is 11.5. The van der Waals surface area contributed by atoms with E-state index in [1.807, 2.05) is 0 Å². The zero-order valence-electron chi connectivity index (χ0n) is 11.7. The Labute approximate surface area is 118 Å². The highest BCUT2D eigenvalue weighted by Gasteiger charge is 2.14. The first-order valence-corrected chi connectivity index (χ1v) is 6.97. The van der Waals surface area contributed by atoms with Gasteiger partial charge in [-0.1, -0.05) is 30.3 Å². The van der Waals surface area contributed by atoms with Gasteiger partial charge in [0.25, 0.3) is 0 Å². The van der Waals surface area contributed by atoms with Crippen molar-refractivity contribution in [1.29, 1.82) is 0 Å². The van der Waals surface area contributed by atoms with Crippen molar-refractivity contribution in [2.75, 3.05) is 0 Å². The summed E-state index contributed by atoms with van der Waals surface area (Å²) in [5, 5.41) is 5.32. The summed E-state index contributed by atoms with van der Waals surface area (Å²) in [5.74, 6) is 0. The average Bonchev–Trinajstić information content (AvgIpc) is 2.47. The second-order valence-electron chi connectivity index (χ2n) is 5.45. The van der Waals surface area contributed by atoms with Crippen molar-refractivity contribution < 1.29 is 4.40 Å². The van der Waals surface area contributed by atoms with E-state index in [4.69, 9.17) is 0 Å². The van der Waals surface area contributed by atoms with Gasteiger partial charge in [0.1, 0.15) is 0 Å². The van der Waals surface area contributed by atoms with E-state index in [0.717, 1.165) is 0 Å². The fourth-order valence-electron chi connectivity index (χ4n) is 3.32. The minimum Gasteiger partial charge on any atom is -0.166 e. The average molecular weight is 258 g/mol. The molecule has 20 heavy (non-hydrogen) atoms. The molecule has 1 heteroatoms. The second kappa shape index (κ2) is 4.04. The van der Waals surface area contributed by atoms with Gasteiger partial charge in [-0.2, -0.15) is 4.40 Å². The number of hydrogen-bond acceptors (Lipinski definition) is 0. The van der Waals surface area contributed by atoms with Gasteiger partial charge in [0, 0.05) is 28.0 Å². The highest BCUT2D eigenvalue weighted by atomic mass is 14.8. The molecule has 2 heterocycles. The number of fused-ring (bicyclic) bond motifs is 4. The van der Waals surface area contributed by atoms with Crippen LogP contribution in [0, 0.1) is 13.8 Å². The van der Waals surface area contributed by atoms with E-state index in [2.05, 4.69) is 79.2 Å². The number of aryl methyl sites for hydroxylation is 2. The molecule has 4 rings (SSSR count). The van der Waals surface area contributed by atoms with Crippen LogP contribution in [0.1, 0.15) is 11.1 Å². The maximum absolute atomic E-state index is 2.24. The van der Waals surface area contributed by atoms with E-state index in [9.17, 15) is 0 Å². The quantitative estimate of drug-likeness (QED) is 0.251. The van der Waals surface area contributed by atoms with E-state index in [1.54, 1.807) is 0 Å². The number of pyridine rings is 2. The molecular weight excluding hydrogens is 242 g/mol. The van der Waals surface area contributed by atoms with Gasteiger partial charge in [-0.3, -0.25) is 0 Å². The molecule has 2 aromatic carbocycles. The third-order valence-electron chi connectivity index (χ3n) is 4.19. The Kier molecular flexibility index (Phi) is 2.31. The lowest BCUT2D eigenvalue weighted by atomic mass is 9.98. The molecule has 0 saturated carbocycles. The predicted octanol–water partition coefficient (Wildman–Crippen LogP) is 4.35. The Balaban J connectivity index is 2.34. The molecule has 0 atom stereocenters. The zero-order chi connectivity index (χ0) is 13.7. The van der Waals surface area contributed by atoms with Crippen molar-refractivity contribution in [2.24, 2.45) is 0 Å². The van der Waals surface area contributed by atoms with E-state index in [0.29, 0.717) is 0 Å². The summed E-state index contributed by atoms with van der Waals surface area (Å²) < 4.78 is 2.24. The van der Waals surface area contributed by atoms with Crippen molar-refractivity contribution in [2.45, 2.75) is 13.8 Å². The molecule has 1 nitrogen and oxygen atoms in total. The maximum Gasteiger partial charge on any atom is 0.217 e. The van der Waals surface area contributed by atoms with Crippen LogP contribution in [0.2, 0.25) is 0 Å². The summed E-state index contributed by atoms with van der Waals surface area (Å²) in [5.41, 5.74) is 3.99. The summed E-state index contributed by atoms with van der Waals surface area (Å²) in [6.07, 6.45) is 4.36. The highest BCUT2D eigenvalue weighted by molar-refractivity contribution is 6.10. The smallest absolute Gasteiger partial charge is 0.166 e. The monoisotopic (exact) mass is 258 g/mol. The molecule has 0 radical (unpaired) electrons. The van der Waals surface area contributed by atoms with E-state index < -0.39 is 0 Å². The van der Waals surface area contributed by atoms with Gasteiger partial charge in [0.05, 0.1) is 0 Å². The Morgan fingerprint density at radius 1 is 0.800 bits per heavy atom. The molecule has 4 aromatic rings. The van der Waals surface area contributed by atoms with Crippen LogP contribution in [0.25, 0.3) is 27.1 Å². The molecule has 0 amide bonds. The van der Waals surface area contributed by atoms with E-state index >= 15 is 0 Å². The van der Waals surface area contributed by atoms with Crippen LogP contribution in [0.4, 0.5) is 0 Å². The number of rotatable bonds is 0. The summed E-state index contributed by atoms with van der Waals surface area (Å²) in [6.45, 7) is 4.41. The molecule has 0 aliphatic carbocycles. The number of hydrogen-bond donors (Lipinski definition) is 0. The number of benzene rings is 2. The van der Waals surface area contributed by atoms with Crippen LogP contribution in [0.5, 0.6) is 0 Å². The van der Waals surface area contributed by atoms with Crippen LogP contribution in [-0.4, -0.2) is 0 Å². The Morgan fingerprint density at radius 2 is 1.60 bits per heavy atom. The van der Waals surface area contributed by atoms with Crippen LogP contribution in [0.15, 0.2) is 60.9 Å². The molecule has 0 spiro atoms. The van der Waals surface area contributed by atoms with Gasteiger partial charge in [0.2, 0.25) is 5.52 Å². The van der Waals surface area contributed by atoms with Crippen molar-refractivity contribution in [3.05, 3.63) is 72.1 Å². The third-order valence-corrected chi connectivity index (χ3v) is 4.19. The van der Waals surface area contributed by atoms with Gasteiger partial charge in [-0.05, 0) is 36.8 Å². The minimum absolute atomic E-state index is 1.30. The van der Waals surface area contributed by atoms with Crippen LogP contribution >= 0.6 is 0 Å². The summed E-state index contributed by atoms with van der Waals surface area (Å²) in [4.78, 5) is 0. The topological polar surface area (TPSA) is 4.10 Å². The molecule has 0 N–H and O–H groups in total. The first kappa shape index (κ1) is 11.4. The fraction of sp³-hybridized carbons (Fsp3) is 0.105. The largest absolute Gasteiger partial charge is 0.217 e. The molecule has 0 aliphatic rings. The van der Waals surface area contributed by atoms with Crippen LogP contribution in [-0.2, 0) is 0 Å². The van der Waals surface area contributed by atoms with Gasteiger partial charge < -0.3 is 0 Å². The third kappa shape index (κ3) is 1.47. The summed E-state index contributed by atoms with van der Waals surface area (Å²) in [7, 11) is 0. The zero-order valence-corrected chi connectivity index (χ0v) is 11.7. The first-order valence-electron chi connectivity index (χ1n) is 6.97. The predicted molar refractivity (Wildman–Crippen MR) is 84.1 cm³/mol. The number of nitrogens with zero attached hydrogens (tertiary/aromatic N) is 1. The lowest BCUT2D eigenvalue weighted by Gasteiger charge is -2.07. The van der Waals surface area contributed by atoms with Gasteiger partial charge in [-0.25, -0.2) is 0 Å². The SMILES string of the molecule is Cc1ccc[n+]2cc3ccc4ccccc4c3c(C)c12. The molecule has 0 bridgehead atoms. The molecule has 0 aliphatic heterocycles. The van der Waals surface area contributed by atoms with Crippen molar-refractivity contribution in [3.8, 4) is 0 Å². The molecule has 0 fully saturated rings. The van der Waals surface area contributed by atoms with Crippen LogP contribution in [0.3, 0.4) is 0 Å². The van der Waals surface area contributed by atoms with E-state index in [1.165, 1.54) is 38.2 Å². The molecule has 0 saturated heterocycles. The summed E-state index contributed by atoms with van der Waals surface area (Å²) in [6, 6.07) is 17.3. The van der Waals surface area contributed by atoms with Crippen molar-refractivity contribution in [1.82, 2.24) is 0 Å². The Hall–Kier alpha value is -2.41.